The summed E-state index contributed by atoms with van der Waals surface area (Å²) in [7, 11) is 0. The Kier molecular flexibility index (Phi) is 6.15. The largest absolute Gasteiger partial charge is 0.434 e. The van der Waals surface area contributed by atoms with E-state index in [1.807, 2.05) is 95.9 Å². The van der Waals surface area contributed by atoms with Gasteiger partial charge in [-0.1, -0.05) is 91.0 Å². The molecule has 1 amide bonds. The normalized spacial score (nSPS) is 22.4. The third-order valence-corrected chi connectivity index (χ3v) is 6.56. The van der Waals surface area contributed by atoms with E-state index in [-0.39, 0.29) is 18.5 Å². The molecule has 0 aliphatic carbocycles. The first-order chi connectivity index (χ1) is 16.6. The van der Waals surface area contributed by atoms with Crippen molar-refractivity contribution in [2.75, 3.05) is 19.7 Å². The minimum atomic E-state index is -1.24. The minimum absolute atomic E-state index is 0.239. The van der Waals surface area contributed by atoms with Crippen LogP contribution in [0.15, 0.2) is 91.0 Å². The van der Waals surface area contributed by atoms with Crippen molar-refractivity contribution in [3.05, 3.63) is 108 Å². The number of carbonyl (C=O) groups is 2. The highest BCUT2D eigenvalue weighted by Gasteiger charge is 2.60. The summed E-state index contributed by atoms with van der Waals surface area (Å²) in [6.07, 6.45) is 0. The van der Waals surface area contributed by atoms with Gasteiger partial charge in [0.1, 0.15) is 12.1 Å². The van der Waals surface area contributed by atoms with Gasteiger partial charge in [0.15, 0.2) is 0 Å². The van der Waals surface area contributed by atoms with Crippen LogP contribution in [-0.4, -0.2) is 53.7 Å². The number of hydrogen-bond acceptors (Lipinski definition) is 6. The first kappa shape index (κ1) is 22.3. The topological polar surface area (TPSA) is 90.9 Å². The highest BCUT2D eigenvalue weighted by Crippen LogP contribution is 2.45. The van der Waals surface area contributed by atoms with Crippen molar-refractivity contribution < 1.29 is 19.4 Å². The molecule has 0 aromatic heterocycles. The van der Waals surface area contributed by atoms with E-state index in [4.69, 9.17) is 4.74 Å². The molecular weight excluding hydrogens is 430 g/mol. The summed E-state index contributed by atoms with van der Waals surface area (Å²) >= 11 is 0. The number of rotatable bonds is 6. The molecule has 7 heteroatoms. The number of esters is 1. The number of carbonyl (C=O) groups excluding carboxylic acids is 2. The van der Waals surface area contributed by atoms with E-state index in [1.54, 1.807) is 0 Å². The molecular formula is C27H27N3O4. The maximum absolute atomic E-state index is 13.7. The van der Waals surface area contributed by atoms with Crippen LogP contribution >= 0.6 is 0 Å². The molecule has 3 atom stereocenters. The molecule has 34 heavy (non-hydrogen) atoms. The molecule has 2 aliphatic rings. The van der Waals surface area contributed by atoms with Crippen LogP contribution in [0.2, 0.25) is 0 Å². The summed E-state index contributed by atoms with van der Waals surface area (Å²) in [5.41, 5.74) is 1.12. The SMILES string of the molecule is O=C(NC(CO)c1ccccc1)C1CNCC2C(=O)OC(c3ccccc3)(c3ccccc3)N12. The lowest BCUT2D eigenvalue weighted by atomic mass is 9.89. The van der Waals surface area contributed by atoms with Crippen molar-refractivity contribution in [3.8, 4) is 0 Å². The number of aliphatic hydroxyl groups is 1. The summed E-state index contributed by atoms with van der Waals surface area (Å²) in [6, 6.07) is 26.5. The van der Waals surface area contributed by atoms with Crippen LogP contribution in [0.5, 0.6) is 0 Å². The van der Waals surface area contributed by atoms with Crippen molar-refractivity contribution in [2.24, 2.45) is 0 Å². The zero-order valence-corrected chi connectivity index (χ0v) is 18.6. The molecule has 5 rings (SSSR count). The summed E-state index contributed by atoms with van der Waals surface area (Å²) < 4.78 is 6.18. The van der Waals surface area contributed by atoms with Crippen molar-refractivity contribution in [1.82, 2.24) is 15.5 Å². The third kappa shape index (κ3) is 3.77. The number of benzene rings is 3. The fourth-order valence-electron chi connectivity index (χ4n) is 4.99. The van der Waals surface area contributed by atoms with Crippen LogP contribution in [0.3, 0.4) is 0 Å². The number of cyclic esters (lactones) is 1. The molecule has 3 aromatic carbocycles. The third-order valence-electron chi connectivity index (χ3n) is 6.56. The van der Waals surface area contributed by atoms with E-state index in [0.29, 0.717) is 13.1 Å². The zero-order valence-electron chi connectivity index (χ0n) is 18.6. The van der Waals surface area contributed by atoms with E-state index in [0.717, 1.165) is 16.7 Å². The Bertz CT molecular complexity index is 1100. The lowest BCUT2D eigenvalue weighted by Gasteiger charge is -2.44. The number of hydrogen-bond donors (Lipinski definition) is 3. The molecule has 3 aromatic rings. The fourth-order valence-corrected chi connectivity index (χ4v) is 4.99. The Labute approximate surface area is 198 Å². The van der Waals surface area contributed by atoms with Crippen LogP contribution < -0.4 is 10.6 Å². The Morgan fingerprint density at radius 3 is 2.09 bits per heavy atom. The maximum atomic E-state index is 13.7. The van der Waals surface area contributed by atoms with Crippen molar-refractivity contribution in [3.63, 3.8) is 0 Å². The molecule has 0 saturated carbocycles. The van der Waals surface area contributed by atoms with E-state index in [2.05, 4.69) is 10.6 Å². The summed E-state index contributed by atoms with van der Waals surface area (Å²) in [5, 5.41) is 16.2. The van der Waals surface area contributed by atoms with Gasteiger partial charge in [-0.25, -0.2) is 4.90 Å². The van der Waals surface area contributed by atoms with Gasteiger partial charge in [-0.15, -0.1) is 0 Å². The van der Waals surface area contributed by atoms with Gasteiger partial charge in [-0.3, -0.25) is 9.59 Å². The van der Waals surface area contributed by atoms with Gasteiger partial charge in [0.25, 0.3) is 0 Å². The number of nitrogens with zero attached hydrogens (tertiary/aromatic N) is 1. The van der Waals surface area contributed by atoms with Gasteiger partial charge in [0.2, 0.25) is 11.6 Å². The summed E-state index contributed by atoms with van der Waals surface area (Å²) in [4.78, 5) is 28.7. The molecule has 7 nitrogen and oxygen atoms in total. The smallest absolute Gasteiger partial charge is 0.327 e. The van der Waals surface area contributed by atoms with E-state index >= 15 is 0 Å². The first-order valence-corrected chi connectivity index (χ1v) is 11.4. The van der Waals surface area contributed by atoms with Gasteiger partial charge in [0, 0.05) is 24.2 Å². The monoisotopic (exact) mass is 457 g/mol. The highest BCUT2D eigenvalue weighted by atomic mass is 16.6. The highest BCUT2D eigenvalue weighted by molar-refractivity contribution is 5.87. The average molecular weight is 458 g/mol. The minimum Gasteiger partial charge on any atom is -0.434 e. The fraction of sp³-hybridized carbons (Fsp3) is 0.259. The van der Waals surface area contributed by atoms with Crippen molar-refractivity contribution in [1.29, 1.82) is 0 Å². The molecule has 2 saturated heterocycles. The summed E-state index contributed by atoms with van der Waals surface area (Å²) in [5.74, 6) is -0.658. The van der Waals surface area contributed by atoms with E-state index < -0.39 is 23.9 Å². The number of amides is 1. The number of piperazine rings is 1. The Balaban J connectivity index is 1.57. The van der Waals surface area contributed by atoms with Crippen LogP contribution in [0.1, 0.15) is 22.7 Å². The lowest BCUT2D eigenvalue weighted by molar-refractivity contribution is -0.153. The van der Waals surface area contributed by atoms with Crippen LogP contribution in [-0.2, 0) is 20.1 Å². The number of aliphatic hydroxyl groups excluding tert-OH is 1. The van der Waals surface area contributed by atoms with Gasteiger partial charge in [-0.05, 0) is 5.56 Å². The number of ether oxygens (including phenoxy) is 1. The van der Waals surface area contributed by atoms with Gasteiger partial charge in [-0.2, -0.15) is 0 Å². The van der Waals surface area contributed by atoms with Gasteiger partial charge in [0.05, 0.1) is 12.6 Å². The second-order valence-corrected chi connectivity index (χ2v) is 8.55. The quantitative estimate of drug-likeness (QED) is 0.490. The van der Waals surface area contributed by atoms with Crippen LogP contribution in [0.4, 0.5) is 0 Å². The van der Waals surface area contributed by atoms with E-state index in [1.165, 1.54) is 0 Å². The molecule has 0 radical (unpaired) electrons. The molecule has 174 valence electrons. The van der Waals surface area contributed by atoms with Crippen LogP contribution in [0.25, 0.3) is 0 Å². The molecule has 2 aliphatic heterocycles. The van der Waals surface area contributed by atoms with Gasteiger partial charge >= 0.3 is 5.97 Å². The second kappa shape index (κ2) is 9.38. The number of nitrogens with one attached hydrogen (secondary N) is 2. The molecule has 3 unspecified atom stereocenters. The molecule has 2 fully saturated rings. The maximum Gasteiger partial charge on any atom is 0.327 e. The van der Waals surface area contributed by atoms with E-state index in [9.17, 15) is 14.7 Å². The van der Waals surface area contributed by atoms with Crippen LogP contribution in [0, 0.1) is 0 Å². The second-order valence-electron chi connectivity index (χ2n) is 8.55. The Morgan fingerprint density at radius 1 is 0.971 bits per heavy atom. The molecule has 2 heterocycles. The average Bonchev–Trinajstić information content (AvgIpc) is 3.22. The van der Waals surface area contributed by atoms with Crippen molar-refractivity contribution in [2.45, 2.75) is 23.9 Å². The molecule has 3 N–H and O–H groups in total. The Morgan fingerprint density at radius 2 is 1.53 bits per heavy atom. The first-order valence-electron chi connectivity index (χ1n) is 11.4. The van der Waals surface area contributed by atoms with Crippen molar-refractivity contribution >= 4 is 11.9 Å². The predicted molar refractivity (Wildman–Crippen MR) is 126 cm³/mol. The lowest BCUT2D eigenvalue weighted by Crippen LogP contribution is -2.66. The predicted octanol–water partition coefficient (Wildman–Crippen LogP) is 1.94. The number of fused-ring (bicyclic) bond motifs is 1. The molecule has 0 spiro atoms. The van der Waals surface area contributed by atoms with Gasteiger partial charge < -0.3 is 20.5 Å². The zero-order chi connectivity index (χ0) is 23.5. The molecule has 0 bridgehead atoms. The standard InChI is InChI=1S/C27H27N3O4/c31-18-22(19-10-4-1-5-11-19)29-25(32)23-16-28-17-24-26(33)34-27(30(23)24,20-12-6-2-7-13-20)21-14-8-3-9-15-21/h1-15,22-24,28,31H,16-18H2,(H,29,32). The Hall–Kier alpha value is -3.52. The summed E-state index contributed by atoms with van der Waals surface area (Å²) in [6.45, 7) is 0.483.